The number of nitrogens with zero attached hydrogens (tertiary/aromatic N) is 2. The van der Waals surface area contributed by atoms with Gasteiger partial charge in [-0.2, -0.15) is 0 Å². The van der Waals surface area contributed by atoms with Crippen molar-refractivity contribution < 1.29 is 0 Å². The molecule has 0 aromatic heterocycles. The summed E-state index contributed by atoms with van der Waals surface area (Å²) >= 11 is 1.87. The highest BCUT2D eigenvalue weighted by molar-refractivity contribution is 7.99. The highest BCUT2D eigenvalue weighted by atomic mass is 32.2. The lowest BCUT2D eigenvalue weighted by Crippen LogP contribution is -2.31. The molecule has 6 rings (SSSR count). The summed E-state index contributed by atoms with van der Waals surface area (Å²) in [5.74, 6) is 0. The average molecular weight is 435 g/mol. The lowest BCUT2D eigenvalue weighted by atomic mass is 9.73. The Balaban J connectivity index is 1.64. The molecule has 0 bridgehead atoms. The van der Waals surface area contributed by atoms with Gasteiger partial charge in [0, 0.05) is 21.8 Å². The number of para-hydroxylation sites is 4. The molecule has 0 unspecified atom stereocenters. The first-order valence-corrected chi connectivity index (χ1v) is 12.1. The van der Waals surface area contributed by atoms with Gasteiger partial charge in [0.25, 0.3) is 0 Å². The maximum atomic E-state index is 2.48. The quantitative estimate of drug-likeness (QED) is 0.313. The fraction of sp³-hybridized carbons (Fsp3) is 0.172. The number of benzene rings is 4. The van der Waals surface area contributed by atoms with Gasteiger partial charge in [0.2, 0.25) is 0 Å². The minimum absolute atomic E-state index is 0.0513. The van der Waals surface area contributed by atoms with E-state index < -0.39 is 0 Å². The largest absolute Gasteiger partial charge is 0.338 e. The monoisotopic (exact) mass is 434 g/mol. The smallest absolute Gasteiger partial charge is 0.0797 e. The molecule has 4 aromatic rings. The molecule has 0 radical (unpaired) electrons. The highest BCUT2D eigenvalue weighted by Gasteiger charge is 2.38. The van der Waals surface area contributed by atoms with Crippen molar-refractivity contribution in [3.05, 3.63) is 102 Å². The molecule has 2 aliphatic rings. The van der Waals surface area contributed by atoms with Crippen LogP contribution < -0.4 is 9.80 Å². The number of fused-ring (bicyclic) bond motifs is 4. The van der Waals surface area contributed by atoms with E-state index in [1.165, 1.54) is 49.4 Å². The molecule has 0 aliphatic carbocycles. The van der Waals surface area contributed by atoms with E-state index in [1.54, 1.807) is 0 Å². The summed E-state index contributed by atoms with van der Waals surface area (Å²) in [5.41, 5.74) is 9.04. The Hall–Kier alpha value is -3.17. The van der Waals surface area contributed by atoms with Crippen LogP contribution in [0.4, 0.5) is 28.4 Å². The Morgan fingerprint density at radius 1 is 0.625 bits per heavy atom. The van der Waals surface area contributed by atoms with Crippen LogP contribution in [0.2, 0.25) is 0 Å². The van der Waals surface area contributed by atoms with Crippen molar-refractivity contribution >= 4 is 40.2 Å². The van der Waals surface area contributed by atoms with E-state index in [1.807, 2.05) is 11.8 Å². The Labute approximate surface area is 194 Å². The fourth-order valence-corrected chi connectivity index (χ4v) is 6.43. The van der Waals surface area contributed by atoms with Crippen LogP contribution in [0, 0.1) is 0 Å². The third kappa shape index (κ3) is 2.67. The summed E-state index contributed by atoms with van der Waals surface area (Å²) in [4.78, 5) is 7.58. The second kappa shape index (κ2) is 7.18. The molecular weight excluding hydrogens is 408 g/mol. The predicted molar refractivity (Wildman–Crippen MR) is 136 cm³/mol. The molecule has 0 saturated heterocycles. The summed E-state index contributed by atoms with van der Waals surface area (Å²) in [6.07, 6.45) is 0. The summed E-state index contributed by atoms with van der Waals surface area (Å²) in [7, 11) is 0. The first-order valence-electron chi connectivity index (χ1n) is 11.3. The van der Waals surface area contributed by atoms with E-state index in [4.69, 9.17) is 0 Å². The van der Waals surface area contributed by atoms with E-state index in [2.05, 4.69) is 122 Å². The average Bonchev–Trinajstić information content (AvgIpc) is 2.83. The van der Waals surface area contributed by atoms with Crippen molar-refractivity contribution in [1.29, 1.82) is 0 Å². The van der Waals surface area contributed by atoms with E-state index in [9.17, 15) is 0 Å². The standard InChI is InChI=1S/C29H26N2S/c1-4-30-24-16-9-10-18-26(24)32-27-19-11-17-25(28(27)30)31-22-14-7-5-12-20(22)29(2,3)21-13-6-8-15-23(21)31/h5-19H,4H2,1-3H3. The van der Waals surface area contributed by atoms with Crippen molar-refractivity contribution in [3.8, 4) is 0 Å². The maximum Gasteiger partial charge on any atom is 0.0797 e. The zero-order valence-electron chi connectivity index (χ0n) is 18.7. The van der Waals surface area contributed by atoms with Crippen LogP contribution >= 0.6 is 11.8 Å². The fourth-order valence-electron chi connectivity index (χ4n) is 5.31. The minimum atomic E-state index is -0.0513. The van der Waals surface area contributed by atoms with Crippen LogP contribution in [0.15, 0.2) is 101 Å². The first kappa shape index (κ1) is 19.5. The van der Waals surface area contributed by atoms with Gasteiger partial charge < -0.3 is 9.80 Å². The van der Waals surface area contributed by atoms with Gasteiger partial charge >= 0.3 is 0 Å². The Morgan fingerprint density at radius 3 is 1.81 bits per heavy atom. The molecule has 0 amide bonds. The van der Waals surface area contributed by atoms with E-state index in [0.717, 1.165) is 6.54 Å². The van der Waals surface area contributed by atoms with Crippen molar-refractivity contribution in [1.82, 2.24) is 0 Å². The Bertz CT molecular complexity index is 1290. The third-order valence-electron chi connectivity index (χ3n) is 6.82. The van der Waals surface area contributed by atoms with E-state index in [-0.39, 0.29) is 5.41 Å². The highest BCUT2D eigenvalue weighted by Crippen LogP contribution is 2.57. The van der Waals surface area contributed by atoms with Gasteiger partial charge in [-0.05, 0) is 54.4 Å². The van der Waals surface area contributed by atoms with Gasteiger partial charge in [0.1, 0.15) is 0 Å². The number of hydrogen-bond acceptors (Lipinski definition) is 3. The van der Waals surface area contributed by atoms with Gasteiger partial charge in [-0.3, -0.25) is 0 Å². The molecule has 32 heavy (non-hydrogen) atoms. The summed E-state index contributed by atoms with van der Waals surface area (Å²) in [6, 6.07) is 33.2. The van der Waals surface area contributed by atoms with Gasteiger partial charge in [0.05, 0.1) is 28.4 Å². The van der Waals surface area contributed by atoms with Crippen LogP contribution in [-0.2, 0) is 5.41 Å². The zero-order valence-corrected chi connectivity index (χ0v) is 19.5. The lowest BCUT2D eigenvalue weighted by molar-refractivity contribution is 0.632. The van der Waals surface area contributed by atoms with Crippen LogP contribution in [0.5, 0.6) is 0 Å². The predicted octanol–water partition coefficient (Wildman–Crippen LogP) is 8.42. The van der Waals surface area contributed by atoms with Crippen LogP contribution in [0.25, 0.3) is 0 Å². The molecule has 0 atom stereocenters. The first-order chi connectivity index (χ1) is 15.6. The van der Waals surface area contributed by atoms with Crippen molar-refractivity contribution in [3.63, 3.8) is 0 Å². The van der Waals surface area contributed by atoms with Gasteiger partial charge in [-0.15, -0.1) is 0 Å². The van der Waals surface area contributed by atoms with Crippen LogP contribution in [-0.4, -0.2) is 6.54 Å². The topological polar surface area (TPSA) is 6.48 Å². The molecule has 2 aliphatic heterocycles. The molecule has 158 valence electrons. The molecule has 3 heteroatoms. The Morgan fingerprint density at radius 2 is 1.16 bits per heavy atom. The van der Waals surface area contributed by atoms with Crippen LogP contribution in [0.3, 0.4) is 0 Å². The van der Waals surface area contributed by atoms with Crippen molar-refractivity contribution in [2.24, 2.45) is 0 Å². The summed E-state index contributed by atoms with van der Waals surface area (Å²) in [6.45, 7) is 7.85. The van der Waals surface area contributed by atoms with Crippen LogP contribution in [0.1, 0.15) is 31.9 Å². The SMILES string of the molecule is CCN1c2ccccc2Sc2cccc(N3c4ccccc4C(C)(C)c4ccccc43)c21. The van der Waals surface area contributed by atoms with Crippen molar-refractivity contribution in [2.75, 3.05) is 16.3 Å². The molecule has 0 N–H and O–H groups in total. The maximum absolute atomic E-state index is 2.48. The lowest BCUT2D eigenvalue weighted by Gasteiger charge is -2.44. The molecule has 2 heterocycles. The second-order valence-electron chi connectivity index (χ2n) is 8.93. The normalized spacial score (nSPS) is 15.5. The van der Waals surface area contributed by atoms with E-state index in [0.29, 0.717) is 0 Å². The van der Waals surface area contributed by atoms with Gasteiger partial charge in [-0.25, -0.2) is 0 Å². The number of anilines is 5. The molecular formula is C29H26N2S. The van der Waals surface area contributed by atoms with Gasteiger partial charge in [-0.1, -0.05) is 80.2 Å². The Kier molecular flexibility index (Phi) is 4.38. The van der Waals surface area contributed by atoms with Crippen molar-refractivity contribution in [2.45, 2.75) is 36.0 Å². The number of hydrogen-bond donors (Lipinski definition) is 0. The minimum Gasteiger partial charge on any atom is -0.338 e. The molecule has 2 nitrogen and oxygen atoms in total. The third-order valence-corrected chi connectivity index (χ3v) is 7.93. The zero-order chi connectivity index (χ0) is 21.9. The molecule has 0 saturated carbocycles. The van der Waals surface area contributed by atoms with E-state index >= 15 is 0 Å². The number of rotatable bonds is 2. The molecule has 0 fully saturated rings. The second-order valence-corrected chi connectivity index (χ2v) is 10.0. The summed E-state index contributed by atoms with van der Waals surface area (Å²) < 4.78 is 0. The van der Waals surface area contributed by atoms with Gasteiger partial charge in [0.15, 0.2) is 0 Å². The summed E-state index contributed by atoms with van der Waals surface area (Å²) in [5, 5.41) is 0. The molecule has 4 aromatic carbocycles. The molecule has 0 spiro atoms.